The molecule has 3 N–H and O–H groups in total. The zero-order valence-corrected chi connectivity index (χ0v) is 18.6. The van der Waals surface area contributed by atoms with Gasteiger partial charge < -0.3 is 34.5 Å². The molecule has 1 aromatic carbocycles. The smallest absolute Gasteiger partial charge is 0.338 e. The van der Waals surface area contributed by atoms with Gasteiger partial charge in [0.15, 0.2) is 11.9 Å². The van der Waals surface area contributed by atoms with E-state index >= 15 is 0 Å². The molecule has 1 fully saturated rings. The third-order valence-electron chi connectivity index (χ3n) is 4.99. The van der Waals surface area contributed by atoms with Gasteiger partial charge >= 0.3 is 17.7 Å². The van der Waals surface area contributed by atoms with Crippen LogP contribution in [0.2, 0.25) is 0 Å². The van der Waals surface area contributed by atoms with Crippen molar-refractivity contribution in [3.05, 3.63) is 24.3 Å². The molecule has 180 valence electrons. The molecule has 5 unspecified atom stereocenters. The van der Waals surface area contributed by atoms with E-state index in [1.54, 1.807) is 0 Å². The first-order valence-electron chi connectivity index (χ1n) is 9.72. The first-order valence-corrected chi connectivity index (χ1v) is 9.72. The van der Waals surface area contributed by atoms with Gasteiger partial charge in [0.05, 0.1) is 7.11 Å². The molecule has 5 atom stereocenters. The Balaban J connectivity index is 2.71. The summed E-state index contributed by atoms with van der Waals surface area (Å²) in [5.41, 5.74) is -2.44. The Bertz CT molecular complexity index is 959. The van der Waals surface area contributed by atoms with Crippen LogP contribution >= 0.6 is 0 Å². The summed E-state index contributed by atoms with van der Waals surface area (Å²) in [6.45, 7) is 4.02. The predicted octanol–water partition coefficient (Wildman–Crippen LogP) is -0.506. The number of aliphatic hydroxyl groups is 2. The maximum atomic E-state index is 12.9. The van der Waals surface area contributed by atoms with Crippen molar-refractivity contribution < 1.29 is 53.1 Å². The van der Waals surface area contributed by atoms with E-state index in [0.29, 0.717) is 5.69 Å². The molecule has 12 nitrogen and oxygen atoms in total. The van der Waals surface area contributed by atoms with Crippen LogP contribution in [0.25, 0.3) is 0 Å². The Labute approximate surface area is 188 Å². The second-order valence-corrected chi connectivity index (χ2v) is 7.36. The summed E-state index contributed by atoms with van der Waals surface area (Å²) < 4.78 is 20.8. The van der Waals surface area contributed by atoms with Crippen molar-refractivity contribution in [2.24, 2.45) is 0 Å². The number of anilines is 1. The first kappa shape index (κ1) is 25.9. The highest BCUT2D eigenvalue weighted by atomic mass is 16.8. The Morgan fingerprint density at radius 2 is 1.55 bits per heavy atom. The Morgan fingerprint density at radius 1 is 0.970 bits per heavy atom. The number of amides is 1. The number of hydrogen-bond acceptors (Lipinski definition) is 11. The first-order chi connectivity index (χ1) is 15.3. The molecule has 12 heteroatoms. The number of ketones is 2. The van der Waals surface area contributed by atoms with Gasteiger partial charge in [-0.05, 0) is 31.2 Å². The summed E-state index contributed by atoms with van der Waals surface area (Å²) in [5, 5.41) is 24.1. The minimum Gasteiger partial charge on any atom is -0.469 e. The number of nitrogens with one attached hydrogen (secondary N) is 1. The minimum absolute atomic E-state index is 0.122. The predicted molar refractivity (Wildman–Crippen MR) is 109 cm³/mol. The Kier molecular flexibility index (Phi) is 7.57. The molecule has 1 aromatic rings. The molecular weight excluding hydrogens is 442 g/mol. The van der Waals surface area contributed by atoms with E-state index in [2.05, 4.69) is 10.1 Å². The third-order valence-corrected chi connectivity index (χ3v) is 4.99. The summed E-state index contributed by atoms with van der Waals surface area (Å²) in [4.78, 5) is 61.1. The topological polar surface area (TPSA) is 175 Å². The average Bonchev–Trinajstić information content (AvgIpc) is 2.72. The lowest BCUT2D eigenvalue weighted by Gasteiger charge is -2.53. The lowest BCUT2D eigenvalue weighted by Crippen LogP contribution is -2.81. The van der Waals surface area contributed by atoms with Crippen LogP contribution in [-0.2, 0) is 38.2 Å². The highest BCUT2D eigenvalue weighted by molar-refractivity contribution is 5.99. The van der Waals surface area contributed by atoms with E-state index in [-0.39, 0.29) is 11.7 Å². The summed E-state index contributed by atoms with van der Waals surface area (Å²) in [7, 11) is 0.964. The lowest BCUT2D eigenvalue weighted by molar-refractivity contribution is -0.345. The fourth-order valence-corrected chi connectivity index (χ4v) is 3.59. The highest BCUT2D eigenvalue weighted by Gasteiger charge is 2.75. The van der Waals surface area contributed by atoms with Crippen LogP contribution < -0.4 is 10.1 Å². The zero-order chi connectivity index (χ0) is 25.1. The van der Waals surface area contributed by atoms with Crippen LogP contribution in [0.3, 0.4) is 0 Å². The van der Waals surface area contributed by atoms with Crippen LogP contribution in [0.15, 0.2) is 24.3 Å². The average molecular weight is 467 g/mol. The largest absolute Gasteiger partial charge is 0.469 e. The molecule has 0 spiro atoms. The van der Waals surface area contributed by atoms with E-state index in [4.69, 9.17) is 14.2 Å². The van der Waals surface area contributed by atoms with Gasteiger partial charge in [0.1, 0.15) is 18.0 Å². The van der Waals surface area contributed by atoms with Crippen LogP contribution in [0.4, 0.5) is 5.69 Å². The van der Waals surface area contributed by atoms with Gasteiger partial charge in [-0.1, -0.05) is 0 Å². The SMILES string of the molecule is COC(=O)C1OC(OC(C)=O)(C(C)=O)C(Oc2ccc(NC(C)=O)cc2)(C(C)=O)C(O)C1O. The number of carbonyl (C=O) groups is 5. The minimum atomic E-state index is -2.96. The Morgan fingerprint density at radius 3 is 1.97 bits per heavy atom. The number of rotatable bonds is 7. The lowest BCUT2D eigenvalue weighted by atomic mass is 9.74. The molecule has 2 rings (SSSR count). The number of methoxy groups -OCH3 is 1. The van der Waals surface area contributed by atoms with Crippen LogP contribution in [0.1, 0.15) is 27.7 Å². The quantitative estimate of drug-likeness (QED) is 0.441. The number of benzene rings is 1. The van der Waals surface area contributed by atoms with Gasteiger partial charge in [-0.2, -0.15) is 0 Å². The van der Waals surface area contributed by atoms with Crippen molar-refractivity contribution in [2.75, 3.05) is 12.4 Å². The van der Waals surface area contributed by atoms with E-state index in [0.717, 1.165) is 27.9 Å². The highest BCUT2D eigenvalue weighted by Crippen LogP contribution is 2.44. The van der Waals surface area contributed by atoms with Crippen molar-refractivity contribution in [1.29, 1.82) is 0 Å². The molecule has 1 amide bonds. The maximum absolute atomic E-state index is 12.9. The van der Waals surface area contributed by atoms with Gasteiger partial charge in [-0.25, -0.2) is 4.79 Å². The van der Waals surface area contributed by atoms with Crippen molar-refractivity contribution in [3.8, 4) is 5.75 Å². The fraction of sp³-hybridized carbons (Fsp3) is 0.476. The van der Waals surface area contributed by atoms with Crippen LogP contribution in [0.5, 0.6) is 5.75 Å². The molecule has 1 aliphatic rings. The number of ether oxygens (including phenoxy) is 4. The molecule has 1 saturated heterocycles. The van der Waals surface area contributed by atoms with Gasteiger partial charge in [0, 0.05) is 26.5 Å². The van der Waals surface area contributed by atoms with E-state index in [1.165, 1.54) is 31.2 Å². The van der Waals surface area contributed by atoms with E-state index in [1.807, 2.05) is 0 Å². The third kappa shape index (κ3) is 4.58. The van der Waals surface area contributed by atoms with Gasteiger partial charge in [0.25, 0.3) is 5.60 Å². The van der Waals surface area contributed by atoms with Gasteiger partial charge in [0.2, 0.25) is 11.7 Å². The molecular formula is C21H25NO11. The number of aliphatic hydroxyl groups excluding tert-OH is 2. The molecule has 0 aromatic heterocycles. The standard InChI is InChI=1S/C21H25NO11/c1-10(23)20(32-15-8-6-14(7-9-15)22-12(3)25)18(28)16(27)17(19(29)30-5)33-21(20,11(2)24)31-13(4)26/h6-9,16-18,27-28H,1-5H3,(H,22,25). The monoisotopic (exact) mass is 467 g/mol. The molecule has 33 heavy (non-hydrogen) atoms. The molecule has 1 heterocycles. The second kappa shape index (κ2) is 9.65. The molecule has 1 aliphatic heterocycles. The summed E-state index contributed by atoms with van der Waals surface area (Å²) in [6.07, 6.45) is -6.39. The summed E-state index contributed by atoms with van der Waals surface area (Å²) in [6, 6.07) is 5.38. The molecule has 0 radical (unpaired) electrons. The second-order valence-electron chi connectivity index (χ2n) is 7.36. The molecule has 0 bridgehead atoms. The number of esters is 2. The van der Waals surface area contributed by atoms with E-state index in [9.17, 15) is 34.2 Å². The van der Waals surface area contributed by atoms with Gasteiger partial charge in [-0.15, -0.1) is 0 Å². The zero-order valence-electron chi connectivity index (χ0n) is 18.6. The number of Topliss-reactive ketones (excluding diaryl/α,β-unsaturated/α-hetero) is 2. The van der Waals surface area contributed by atoms with Crippen molar-refractivity contribution in [2.45, 2.75) is 57.4 Å². The van der Waals surface area contributed by atoms with Crippen LogP contribution in [-0.4, -0.2) is 76.4 Å². The number of hydrogen-bond donors (Lipinski definition) is 3. The fourth-order valence-electron chi connectivity index (χ4n) is 3.59. The normalized spacial score (nSPS) is 28.9. The summed E-state index contributed by atoms with van der Waals surface area (Å²) >= 11 is 0. The van der Waals surface area contributed by atoms with Crippen molar-refractivity contribution in [3.63, 3.8) is 0 Å². The Hall–Kier alpha value is -3.35. The van der Waals surface area contributed by atoms with Crippen molar-refractivity contribution >= 4 is 35.1 Å². The molecule has 0 saturated carbocycles. The van der Waals surface area contributed by atoms with E-state index < -0.39 is 53.2 Å². The van der Waals surface area contributed by atoms with Crippen LogP contribution in [0, 0.1) is 0 Å². The number of carbonyl (C=O) groups excluding carboxylic acids is 5. The molecule has 0 aliphatic carbocycles. The van der Waals surface area contributed by atoms with Gasteiger partial charge in [-0.3, -0.25) is 19.2 Å². The maximum Gasteiger partial charge on any atom is 0.338 e. The van der Waals surface area contributed by atoms with Crippen molar-refractivity contribution in [1.82, 2.24) is 0 Å². The summed E-state index contributed by atoms with van der Waals surface area (Å²) in [5.74, 6) is -7.89.